The molecule has 0 aromatic heterocycles. The first kappa shape index (κ1) is 9.97. The number of nitrogens with one attached hydrogen (secondary N) is 1. The van der Waals surface area contributed by atoms with Crippen molar-refractivity contribution in [2.75, 3.05) is 0 Å². The van der Waals surface area contributed by atoms with E-state index in [1.54, 1.807) is 0 Å². The van der Waals surface area contributed by atoms with E-state index in [9.17, 15) is 4.79 Å². The summed E-state index contributed by atoms with van der Waals surface area (Å²) in [5.41, 5.74) is 0. The molecule has 2 rings (SSSR count). The van der Waals surface area contributed by atoms with Crippen LogP contribution in [0.25, 0.3) is 0 Å². The molecule has 1 N–H and O–H groups in total. The summed E-state index contributed by atoms with van der Waals surface area (Å²) in [6.07, 6.45) is 3.77. The van der Waals surface area contributed by atoms with Crippen molar-refractivity contribution in [1.29, 1.82) is 0 Å². The van der Waals surface area contributed by atoms with Crippen LogP contribution in [0.4, 0.5) is 0 Å². The molecule has 1 saturated heterocycles. The minimum Gasteiger partial charge on any atom is -0.323 e. The Morgan fingerprint density at radius 3 is 2.57 bits per heavy atom. The van der Waals surface area contributed by atoms with Crippen LogP contribution in [0.15, 0.2) is 0 Å². The van der Waals surface area contributed by atoms with E-state index in [0.717, 1.165) is 6.42 Å². The number of hydrogen-bond acceptors (Lipinski definition) is 2. The standard InChI is InChI=1S/C11H20N2O/c1-4-10-12-8(3)11(14)13(10)9-6-5-7(9)2/h7-10,12H,4-6H2,1-3H3. The van der Waals surface area contributed by atoms with Crippen molar-refractivity contribution in [3.8, 4) is 0 Å². The molecule has 0 aromatic rings. The van der Waals surface area contributed by atoms with Gasteiger partial charge in [0, 0.05) is 6.04 Å². The van der Waals surface area contributed by atoms with Crippen molar-refractivity contribution in [2.24, 2.45) is 5.92 Å². The molecule has 1 aliphatic heterocycles. The Hall–Kier alpha value is -0.570. The molecule has 1 heterocycles. The number of carbonyl (C=O) groups is 1. The summed E-state index contributed by atoms with van der Waals surface area (Å²) >= 11 is 0. The third-order valence-electron chi connectivity index (χ3n) is 3.72. The molecule has 3 heteroatoms. The monoisotopic (exact) mass is 196 g/mol. The van der Waals surface area contributed by atoms with E-state index >= 15 is 0 Å². The molecule has 14 heavy (non-hydrogen) atoms. The van der Waals surface area contributed by atoms with E-state index in [1.807, 2.05) is 6.92 Å². The van der Waals surface area contributed by atoms with E-state index in [1.165, 1.54) is 12.8 Å². The topological polar surface area (TPSA) is 32.3 Å². The second-order valence-corrected chi connectivity index (χ2v) is 4.68. The Bertz CT molecular complexity index is 237. The molecule has 1 amide bonds. The Labute approximate surface area is 85.8 Å². The van der Waals surface area contributed by atoms with Gasteiger partial charge in [0.1, 0.15) is 0 Å². The van der Waals surface area contributed by atoms with Gasteiger partial charge in [-0.3, -0.25) is 10.1 Å². The maximum absolute atomic E-state index is 11.9. The van der Waals surface area contributed by atoms with E-state index < -0.39 is 0 Å². The Kier molecular flexibility index (Phi) is 2.52. The van der Waals surface area contributed by atoms with Crippen LogP contribution >= 0.6 is 0 Å². The summed E-state index contributed by atoms with van der Waals surface area (Å²) in [5, 5.41) is 3.35. The van der Waals surface area contributed by atoms with Gasteiger partial charge in [0.05, 0.1) is 12.2 Å². The van der Waals surface area contributed by atoms with Crippen LogP contribution in [0, 0.1) is 5.92 Å². The maximum Gasteiger partial charge on any atom is 0.240 e. The highest BCUT2D eigenvalue weighted by molar-refractivity contribution is 5.84. The summed E-state index contributed by atoms with van der Waals surface area (Å²) < 4.78 is 0. The second-order valence-electron chi connectivity index (χ2n) is 4.68. The van der Waals surface area contributed by atoms with Gasteiger partial charge in [-0.25, -0.2) is 0 Å². The van der Waals surface area contributed by atoms with Crippen molar-refractivity contribution < 1.29 is 4.79 Å². The van der Waals surface area contributed by atoms with Crippen LogP contribution in [0.5, 0.6) is 0 Å². The molecule has 4 atom stereocenters. The average molecular weight is 196 g/mol. The van der Waals surface area contributed by atoms with Crippen LogP contribution < -0.4 is 5.32 Å². The lowest BCUT2D eigenvalue weighted by molar-refractivity contribution is -0.135. The fourth-order valence-electron chi connectivity index (χ4n) is 2.59. The van der Waals surface area contributed by atoms with Gasteiger partial charge in [0.2, 0.25) is 5.91 Å². The van der Waals surface area contributed by atoms with Crippen molar-refractivity contribution in [3.63, 3.8) is 0 Å². The van der Waals surface area contributed by atoms with Gasteiger partial charge in [-0.2, -0.15) is 0 Å². The zero-order chi connectivity index (χ0) is 10.3. The van der Waals surface area contributed by atoms with E-state index in [2.05, 4.69) is 24.1 Å². The fourth-order valence-corrected chi connectivity index (χ4v) is 2.59. The van der Waals surface area contributed by atoms with Crippen LogP contribution in [-0.4, -0.2) is 29.1 Å². The predicted molar refractivity (Wildman–Crippen MR) is 55.7 cm³/mol. The molecule has 0 aromatic carbocycles. The van der Waals surface area contributed by atoms with Crippen molar-refractivity contribution in [1.82, 2.24) is 10.2 Å². The molecule has 3 nitrogen and oxygen atoms in total. The molecule has 4 unspecified atom stereocenters. The molecule has 0 bridgehead atoms. The molecular weight excluding hydrogens is 176 g/mol. The number of rotatable bonds is 2. The average Bonchev–Trinajstić information content (AvgIpc) is 2.43. The number of nitrogens with zero attached hydrogens (tertiary/aromatic N) is 1. The normalized spacial score (nSPS) is 42.8. The van der Waals surface area contributed by atoms with E-state index in [0.29, 0.717) is 17.9 Å². The third kappa shape index (κ3) is 1.34. The highest BCUT2D eigenvalue weighted by Crippen LogP contribution is 2.34. The minimum absolute atomic E-state index is 0.0211. The van der Waals surface area contributed by atoms with Crippen molar-refractivity contribution >= 4 is 5.91 Å². The molecule has 80 valence electrons. The second kappa shape index (κ2) is 3.54. The molecule has 1 aliphatic carbocycles. The van der Waals surface area contributed by atoms with Crippen LogP contribution in [0.2, 0.25) is 0 Å². The zero-order valence-corrected chi connectivity index (χ0v) is 9.29. The first-order valence-electron chi connectivity index (χ1n) is 5.73. The van der Waals surface area contributed by atoms with Gasteiger partial charge in [0.25, 0.3) is 0 Å². The van der Waals surface area contributed by atoms with Gasteiger partial charge in [0.15, 0.2) is 0 Å². The largest absolute Gasteiger partial charge is 0.323 e. The summed E-state index contributed by atoms with van der Waals surface area (Å²) in [4.78, 5) is 14.0. The van der Waals surface area contributed by atoms with Gasteiger partial charge in [-0.15, -0.1) is 0 Å². The summed E-state index contributed by atoms with van der Waals surface area (Å²) in [6, 6.07) is 0.526. The minimum atomic E-state index is 0.0211. The van der Waals surface area contributed by atoms with Crippen LogP contribution in [-0.2, 0) is 4.79 Å². The molecule has 2 fully saturated rings. The number of carbonyl (C=O) groups excluding carboxylic acids is 1. The van der Waals surface area contributed by atoms with E-state index in [4.69, 9.17) is 0 Å². The SMILES string of the molecule is CCC1NC(C)C(=O)N1C1CCC1C. The lowest BCUT2D eigenvalue weighted by Crippen LogP contribution is -2.51. The van der Waals surface area contributed by atoms with Crippen LogP contribution in [0.3, 0.4) is 0 Å². The zero-order valence-electron chi connectivity index (χ0n) is 9.29. The first-order chi connectivity index (χ1) is 6.65. The summed E-state index contributed by atoms with van der Waals surface area (Å²) in [7, 11) is 0. The number of amides is 1. The van der Waals surface area contributed by atoms with E-state index in [-0.39, 0.29) is 12.2 Å². The van der Waals surface area contributed by atoms with Gasteiger partial charge in [-0.1, -0.05) is 13.8 Å². The molecule has 0 radical (unpaired) electrons. The summed E-state index contributed by atoms with van der Waals surface area (Å²) in [6.45, 7) is 6.35. The van der Waals surface area contributed by atoms with Gasteiger partial charge < -0.3 is 4.90 Å². The van der Waals surface area contributed by atoms with Crippen molar-refractivity contribution in [2.45, 2.75) is 58.3 Å². The third-order valence-corrected chi connectivity index (χ3v) is 3.72. The lowest BCUT2D eigenvalue weighted by atomic mass is 9.79. The first-order valence-corrected chi connectivity index (χ1v) is 5.73. The smallest absolute Gasteiger partial charge is 0.240 e. The summed E-state index contributed by atoms with van der Waals surface area (Å²) in [5.74, 6) is 0.994. The molecular formula is C11H20N2O. The fraction of sp³-hybridized carbons (Fsp3) is 0.909. The Morgan fingerprint density at radius 1 is 1.43 bits per heavy atom. The van der Waals surface area contributed by atoms with Crippen molar-refractivity contribution in [3.05, 3.63) is 0 Å². The maximum atomic E-state index is 11.9. The highest BCUT2D eigenvalue weighted by Gasteiger charge is 2.44. The number of hydrogen-bond donors (Lipinski definition) is 1. The lowest BCUT2D eigenvalue weighted by Gasteiger charge is -2.43. The van der Waals surface area contributed by atoms with Gasteiger partial charge in [-0.05, 0) is 32.1 Å². The predicted octanol–water partition coefficient (Wildman–Crippen LogP) is 1.34. The molecule has 2 aliphatic rings. The molecule has 0 spiro atoms. The van der Waals surface area contributed by atoms with Gasteiger partial charge >= 0.3 is 0 Å². The highest BCUT2D eigenvalue weighted by atomic mass is 16.2. The Balaban J connectivity index is 2.10. The Morgan fingerprint density at radius 2 is 2.14 bits per heavy atom. The van der Waals surface area contributed by atoms with Crippen LogP contribution in [0.1, 0.15) is 40.0 Å². The molecule has 1 saturated carbocycles. The quantitative estimate of drug-likeness (QED) is 0.723.